The molecule has 2 rings (SSSR count). The number of benzene rings is 1. The Hall–Kier alpha value is -0.820. The lowest BCUT2D eigenvalue weighted by molar-refractivity contribution is 0.112. The topological polar surface area (TPSA) is 20.2 Å². The number of aliphatic hydroxyl groups excluding tert-OH is 1. The minimum Gasteiger partial charge on any atom is -0.393 e. The van der Waals surface area contributed by atoms with E-state index in [-0.39, 0.29) is 6.10 Å². The van der Waals surface area contributed by atoms with Gasteiger partial charge in [0.2, 0.25) is 0 Å². The third-order valence-corrected chi connectivity index (χ3v) is 4.32. The van der Waals surface area contributed by atoms with E-state index in [9.17, 15) is 5.11 Å². The summed E-state index contributed by atoms with van der Waals surface area (Å²) in [6.45, 7) is 4.20. The first-order valence-corrected chi connectivity index (χ1v) is 7.44. The molecule has 1 aliphatic rings. The van der Waals surface area contributed by atoms with Crippen molar-refractivity contribution in [3.8, 4) is 0 Å². The summed E-state index contributed by atoms with van der Waals surface area (Å²) in [5, 5.41) is 9.85. The third kappa shape index (κ3) is 3.35. The van der Waals surface area contributed by atoms with E-state index in [1.165, 1.54) is 25.7 Å². The van der Waals surface area contributed by atoms with Crippen molar-refractivity contribution in [2.24, 2.45) is 5.92 Å². The highest BCUT2D eigenvalue weighted by atomic mass is 16.3. The van der Waals surface area contributed by atoms with Gasteiger partial charge in [-0.05, 0) is 55.1 Å². The smallest absolute Gasteiger partial charge is 0.0563 e. The molecule has 18 heavy (non-hydrogen) atoms. The molecule has 0 amide bonds. The van der Waals surface area contributed by atoms with E-state index in [1.54, 1.807) is 11.1 Å². The van der Waals surface area contributed by atoms with Gasteiger partial charge >= 0.3 is 0 Å². The molecule has 0 radical (unpaired) electrons. The van der Waals surface area contributed by atoms with Gasteiger partial charge in [-0.15, -0.1) is 0 Å². The lowest BCUT2D eigenvalue weighted by Gasteiger charge is -2.26. The van der Waals surface area contributed by atoms with E-state index in [0.717, 1.165) is 18.8 Å². The molecule has 0 heterocycles. The van der Waals surface area contributed by atoms with Gasteiger partial charge in [-0.25, -0.2) is 0 Å². The van der Waals surface area contributed by atoms with Crippen molar-refractivity contribution in [2.75, 3.05) is 0 Å². The van der Waals surface area contributed by atoms with Gasteiger partial charge < -0.3 is 5.11 Å². The molecule has 0 spiro atoms. The van der Waals surface area contributed by atoms with Crippen LogP contribution in [-0.4, -0.2) is 11.2 Å². The molecule has 1 aromatic rings. The van der Waals surface area contributed by atoms with Gasteiger partial charge in [0.1, 0.15) is 0 Å². The molecule has 0 saturated carbocycles. The van der Waals surface area contributed by atoms with Gasteiger partial charge in [-0.2, -0.15) is 0 Å². The van der Waals surface area contributed by atoms with E-state index in [2.05, 4.69) is 38.1 Å². The number of aliphatic hydroxyl groups is 1. The predicted molar refractivity (Wildman–Crippen MR) is 76.8 cm³/mol. The summed E-state index contributed by atoms with van der Waals surface area (Å²) in [6.07, 6.45) is 7.13. The van der Waals surface area contributed by atoms with E-state index in [1.807, 2.05) is 0 Å². The average molecular weight is 246 g/mol. The highest BCUT2D eigenvalue weighted by molar-refractivity contribution is 5.32. The number of rotatable bonds is 5. The summed E-state index contributed by atoms with van der Waals surface area (Å²) in [6, 6.07) is 8.91. The quantitative estimate of drug-likeness (QED) is 0.821. The van der Waals surface area contributed by atoms with Crippen molar-refractivity contribution in [1.82, 2.24) is 0 Å². The molecule has 1 aliphatic carbocycles. The normalized spacial score (nSPS) is 20.8. The summed E-state index contributed by atoms with van der Waals surface area (Å²) in [7, 11) is 0. The largest absolute Gasteiger partial charge is 0.393 e. The van der Waals surface area contributed by atoms with Crippen molar-refractivity contribution in [3.05, 3.63) is 35.4 Å². The number of hydrogen-bond donors (Lipinski definition) is 1. The van der Waals surface area contributed by atoms with Crippen LogP contribution in [0.3, 0.4) is 0 Å². The van der Waals surface area contributed by atoms with Crippen LogP contribution in [0.15, 0.2) is 24.3 Å². The first kappa shape index (κ1) is 13.6. The fourth-order valence-electron chi connectivity index (χ4n) is 3.06. The molecule has 2 unspecified atom stereocenters. The van der Waals surface area contributed by atoms with E-state index >= 15 is 0 Å². The van der Waals surface area contributed by atoms with Crippen molar-refractivity contribution < 1.29 is 5.11 Å². The van der Waals surface area contributed by atoms with Crippen LogP contribution < -0.4 is 0 Å². The zero-order valence-corrected chi connectivity index (χ0v) is 11.7. The minimum atomic E-state index is -0.121. The van der Waals surface area contributed by atoms with E-state index in [4.69, 9.17) is 0 Å². The van der Waals surface area contributed by atoms with Gasteiger partial charge in [0.15, 0.2) is 0 Å². The highest BCUT2D eigenvalue weighted by Gasteiger charge is 2.19. The van der Waals surface area contributed by atoms with E-state index < -0.39 is 0 Å². The summed E-state index contributed by atoms with van der Waals surface area (Å²) >= 11 is 0. The second-order valence-corrected chi connectivity index (χ2v) is 6.03. The molecule has 0 saturated heterocycles. The molecule has 1 heteroatoms. The molecule has 0 fully saturated rings. The van der Waals surface area contributed by atoms with E-state index in [0.29, 0.717) is 5.92 Å². The van der Waals surface area contributed by atoms with Crippen molar-refractivity contribution in [2.45, 2.75) is 64.4 Å². The number of aryl methyl sites for hydroxylation is 1. The summed E-state index contributed by atoms with van der Waals surface area (Å²) in [4.78, 5) is 0. The molecule has 0 aromatic heterocycles. The van der Waals surface area contributed by atoms with Gasteiger partial charge in [0, 0.05) is 0 Å². The molecular weight excluding hydrogens is 220 g/mol. The minimum absolute atomic E-state index is 0.121. The van der Waals surface area contributed by atoms with Crippen LogP contribution in [0.4, 0.5) is 0 Å². The highest BCUT2D eigenvalue weighted by Crippen LogP contribution is 2.35. The fourth-order valence-corrected chi connectivity index (χ4v) is 3.06. The molecular formula is C17H26O. The zero-order chi connectivity index (χ0) is 13.0. The SMILES string of the molecule is CC(C)C(O)CCCC1CCCc2ccccc21. The number of fused-ring (bicyclic) bond motifs is 1. The monoisotopic (exact) mass is 246 g/mol. The third-order valence-electron chi connectivity index (χ3n) is 4.32. The average Bonchev–Trinajstić information content (AvgIpc) is 2.38. The molecule has 100 valence electrons. The van der Waals surface area contributed by atoms with Crippen LogP contribution >= 0.6 is 0 Å². The Morgan fingerprint density at radius 2 is 2.06 bits per heavy atom. The molecule has 1 nitrogen and oxygen atoms in total. The lowest BCUT2D eigenvalue weighted by atomic mass is 9.80. The summed E-state index contributed by atoms with van der Waals surface area (Å²) < 4.78 is 0. The zero-order valence-electron chi connectivity index (χ0n) is 11.7. The van der Waals surface area contributed by atoms with Gasteiger partial charge in [-0.3, -0.25) is 0 Å². The Balaban J connectivity index is 1.88. The first-order valence-electron chi connectivity index (χ1n) is 7.44. The van der Waals surface area contributed by atoms with Crippen LogP contribution in [0, 0.1) is 5.92 Å². The Labute approximate surface area is 111 Å². The maximum atomic E-state index is 9.85. The standard InChI is InChI=1S/C17H26O/c1-13(2)17(18)12-6-10-15-9-5-8-14-7-3-4-11-16(14)15/h3-4,7,11,13,15,17-18H,5-6,8-10,12H2,1-2H3. The summed E-state index contributed by atoms with van der Waals surface area (Å²) in [5.74, 6) is 1.12. The van der Waals surface area contributed by atoms with Crippen LogP contribution in [-0.2, 0) is 6.42 Å². The van der Waals surface area contributed by atoms with Gasteiger partial charge in [0.25, 0.3) is 0 Å². The lowest BCUT2D eigenvalue weighted by Crippen LogP contribution is -2.15. The Morgan fingerprint density at radius 3 is 2.83 bits per heavy atom. The molecule has 0 aliphatic heterocycles. The van der Waals surface area contributed by atoms with Gasteiger partial charge in [-0.1, -0.05) is 44.5 Å². The maximum Gasteiger partial charge on any atom is 0.0563 e. The summed E-state index contributed by atoms with van der Waals surface area (Å²) in [5.41, 5.74) is 3.13. The van der Waals surface area contributed by atoms with Crippen LogP contribution in [0.25, 0.3) is 0 Å². The van der Waals surface area contributed by atoms with Crippen molar-refractivity contribution >= 4 is 0 Å². The maximum absolute atomic E-state index is 9.85. The Bertz CT molecular complexity index is 370. The van der Waals surface area contributed by atoms with Gasteiger partial charge in [0.05, 0.1) is 6.10 Å². The second kappa shape index (κ2) is 6.38. The first-order chi connectivity index (χ1) is 8.68. The van der Waals surface area contributed by atoms with Crippen molar-refractivity contribution in [3.63, 3.8) is 0 Å². The molecule has 0 bridgehead atoms. The predicted octanol–water partition coefficient (Wildman–Crippen LogP) is 4.29. The van der Waals surface area contributed by atoms with Crippen LogP contribution in [0.2, 0.25) is 0 Å². The molecule has 1 aromatic carbocycles. The number of hydrogen-bond acceptors (Lipinski definition) is 1. The van der Waals surface area contributed by atoms with Crippen LogP contribution in [0.5, 0.6) is 0 Å². The Kier molecular flexibility index (Phi) is 4.82. The van der Waals surface area contributed by atoms with Crippen LogP contribution in [0.1, 0.15) is 63.0 Å². The van der Waals surface area contributed by atoms with Crippen molar-refractivity contribution in [1.29, 1.82) is 0 Å². The molecule has 1 N–H and O–H groups in total. The fraction of sp³-hybridized carbons (Fsp3) is 0.647. The molecule has 2 atom stereocenters. The Morgan fingerprint density at radius 1 is 1.28 bits per heavy atom. The second-order valence-electron chi connectivity index (χ2n) is 6.03.